The van der Waals surface area contributed by atoms with Crippen LogP contribution in [0.2, 0.25) is 0 Å². The molecule has 0 aliphatic heterocycles. The van der Waals surface area contributed by atoms with Crippen LogP contribution in [0.3, 0.4) is 0 Å². The van der Waals surface area contributed by atoms with Crippen molar-refractivity contribution in [3.63, 3.8) is 0 Å². The highest BCUT2D eigenvalue weighted by atomic mass is 32.2. The first-order valence-electron chi connectivity index (χ1n) is 3.00. The summed E-state index contributed by atoms with van der Waals surface area (Å²) in [6.07, 6.45) is 0. The van der Waals surface area contributed by atoms with Crippen LogP contribution < -0.4 is 4.89 Å². The Morgan fingerprint density at radius 1 is 1.31 bits per heavy atom. The maximum absolute atomic E-state index is 11.6. The lowest BCUT2D eigenvalue weighted by Crippen LogP contribution is -2.37. The summed E-state index contributed by atoms with van der Waals surface area (Å²) in [5.74, 6) is 0. The Bertz CT molecular complexity index is 236. The van der Waals surface area contributed by atoms with Crippen molar-refractivity contribution in [2.45, 2.75) is 5.51 Å². The first kappa shape index (κ1) is 12.6. The number of ether oxygens (including phenoxy) is 1. The molecule has 0 heterocycles. The molecule has 0 fully saturated rings. The summed E-state index contributed by atoms with van der Waals surface area (Å²) in [4.78, 5) is 4.88. The Morgan fingerprint density at radius 3 is 2.23 bits per heavy atom. The number of nitrogens with one attached hydrogen (secondary N) is 1. The third-order valence-corrected chi connectivity index (χ3v) is 1.81. The van der Waals surface area contributed by atoms with Crippen molar-refractivity contribution in [3.8, 4) is 0 Å². The molecule has 5 nitrogen and oxygen atoms in total. The van der Waals surface area contributed by atoms with Crippen LogP contribution in [0, 0.1) is 0 Å². The molecule has 0 aromatic carbocycles. The minimum atomic E-state index is -5.41. The predicted molar refractivity (Wildman–Crippen MR) is 35.9 cm³/mol. The van der Waals surface area contributed by atoms with Crippen LogP contribution in [0.15, 0.2) is 0 Å². The number of hydrogen-bond donors (Lipinski definition) is 1. The highest BCUT2D eigenvalue weighted by molar-refractivity contribution is 7.90. The smallest absolute Gasteiger partial charge is 0.382 e. The Labute approximate surface area is 72.8 Å². The number of sulfonamides is 1. The van der Waals surface area contributed by atoms with Crippen LogP contribution in [0.5, 0.6) is 0 Å². The van der Waals surface area contributed by atoms with Crippen molar-refractivity contribution < 1.29 is 31.2 Å². The lowest BCUT2D eigenvalue weighted by Gasteiger charge is -2.08. The van der Waals surface area contributed by atoms with Gasteiger partial charge in [0.2, 0.25) is 0 Å². The van der Waals surface area contributed by atoms with Gasteiger partial charge in [0.1, 0.15) is 0 Å². The molecule has 13 heavy (non-hydrogen) atoms. The second-order valence-electron chi connectivity index (χ2n) is 1.87. The zero-order chi connectivity index (χ0) is 10.5. The topological polar surface area (TPSA) is 64.6 Å². The van der Waals surface area contributed by atoms with Gasteiger partial charge in [-0.25, -0.2) is 8.42 Å². The van der Waals surface area contributed by atoms with E-state index in [0.717, 1.165) is 4.89 Å². The Balaban J connectivity index is 3.92. The Kier molecular flexibility index (Phi) is 4.61. The number of methoxy groups -OCH3 is 1. The lowest BCUT2D eigenvalue weighted by molar-refractivity contribution is -0.0533. The van der Waals surface area contributed by atoms with Gasteiger partial charge in [-0.05, 0) is 0 Å². The predicted octanol–water partition coefficient (Wildman–Crippen LogP) is 0.00360. The molecule has 0 saturated heterocycles. The van der Waals surface area contributed by atoms with E-state index in [-0.39, 0.29) is 13.2 Å². The second kappa shape index (κ2) is 4.74. The van der Waals surface area contributed by atoms with E-state index in [9.17, 15) is 21.6 Å². The van der Waals surface area contributed by atoms with Crippen LogP contribution in [0.4, 0.5) is 13.2 Å². The highest BCUT2D eigenvalue weighted by Crippen LogP contribution is 2.21. The molecule has 0 rings (SSSR count). The second-order valence-corrected chi connectivity index (χ2v) is 3.51. The zero-order valence-electron chi connectivity index (χ0n) is 6.59. The van der Waals surface area contributed by atoms with E-state index in [1.807, 2.05) is 0 Å². The van der Waals surface area contributed by atoms with Crippen LogP contribution >= 0.6 is 0 Å². The van der Waals surface area contributed by atoms with Crippen molar-refractivity contribution in [3.05, 3.63) is 0 Å². The number of hydrogen-bond acceptors (Lipinski definition) is 4. The van der Waals surface area contributed by atoms with E-state index >= 15 is 0 Å². The van der Waals surface area contributed by atoms with Crippen molar-refractivity contribution in [2.75, 3.05) is 20.3 Å². The van der Waals surface area contributed by atoms with E-state index < -0.39 is 15.5 Å². The molecule has 0 spiro atoms. The van der Waals surface area contributed by atoms with Gasteiger partial charge >= 0.3 is 15.5 Å². The first-order chi connectivity index (χ1) is 5.81. The molecule has 1 N–H and O–H groups in total. The molecule has 0 aliphatic carbocycles. The summed E-state index contributed by atoms with van der Waals surface area (Å²) in [6, 6.07) is 0. The summed E-state index contributed by atoms with van der Waals surface area (Å²) in [5, 5.41) is 0. The Hall–Kier alpha value is -0.380. The molecule has 0 aliphatic rings. The first-order valence-corrected chi connectivity index (χ1v) is 4.48. The van der Waals surface area contributed by atoms with Crippen LogP contribution in [-0.4, -0.2) is 34.2 Å². The summed E-state index contributed by atoms with van der Waals surface area (Å²) in [7, 11) is -4.11. The minimum Gasteiger partial charge on any atom is -0.382 e. The van der Waals surface area contributed by atoms with Crippen LogP contribution in [0.1, 0.15) is 0 Å². The molecule has 0 bridgehead atoms. The fourth-order valence-electron chi connectivity index (χ4n) is 0.291. The molecule has 0 amide bonds. The minimum absolute atomic E-state index is 0.0135. The molecule has 80 valence electrons. The van der Waals surface area contributed by atoms with Gasteiger partial charge in [0.05, 0.1) is 13.2 Å². The summed E-state index contributed by atoms with van der Waals surface area (Å²) < 4.78 is 59.6. The van der Waals surface area contributed by atoms with Crippen LogP contribution in [-0.2, 0) is 19.6 Å². The highest BCUT2D eigenvalue weighted by Gasteiger charge is 2.46. The third kappa shape index (κ3) is 4.41. The van der Waals surface area contributed by atoms with Crippen LogP contribution in [0.25, 0.3) is 0 Å². The summed E-state index contributed by atoms with van der Waals surface area (Å²) in [6.45, 7) is -0.313. The Morgan fingerprint density at radius 2 is 1.85 bits per heavy atom. The van der Waals surface area contributed by atoms with Crippen molar-refractivity contribution >= 4 is 10.0 Å². The fraction of sp³-hybridized carbons (Fsp3) is 1.00. The third-order valence-electron chi connectivity index (χ3n) is 0.863. The van der Waals surface area contributed by atoms with Gasteiger partial charge in [0, 0.05) is 7.11 Å². The van der Waals surface area contributed by atoms with Gasteiger partial charge in [0.15, 0.2) is 0 Å². The number of rotatable bonds is 5. The molecule has 0 unspecified atom stereocenters. The van der Waals surface area contributed by atoms with Gasteiger partial charge in [0.25, 0.3) is 0 Å². The van der Waals surface area contributed by atoms with Gasteiger partial charge in [-0.3, -0.25) is 4.84 Å². The lowest BCUT2D eigenvalue weighted by atomic mass is 10.8. The zero-order valence-corrected chi connectivity index (χ0v) is 7.41. The number of halogens is 3. The van der Waals surface area contributed by atoms with Gasteiger partial charge in [-0.1, -0.05) is 4.89 Å². The van der Waals surface area contributed by atoms with Gasteiger partial charge in [-0.2, -0.15) is 13.2 Å². The van der Waals surface area contributed by atoms with Crippen molar-refractivity contribution in [2.24, 2.45) is 0 Å². The van der Waals surface area contributed by atoms with E-state index in [1.165, 1.54) is 7.11 Å². The van der Waals surface area contributed by atoms with E-state index in [4.69, 9.17) is 0 Å². The van der Waals surface area contributed by atoms with Crippen molar-refractivity contribution in [1.29, 1.82) is 0 Å². The molecule has 0 aromatic rings. The molecule has 0 atom stereocenters. The molecular weight excluding hydrogens is 215 g/mol. The number of alkyl halides is 3. The van der Waals surface area contributed by atoms with E-state index in [0.29, 0.717) is 0 Å². The largest absolute Gasteiger partial charge is 0.513 e. The average molecular weight is 223 g/mol. The van der Waals surface area contributed by atoms with E-state index in [1.54, 1.807) is 0 Å². The van der Waals surface area contributed by atoms with E-state index in [2.05, 4.69) is 9.57 Å². The van der Waals surface area contributed by atoms with Gasteiger partial charge < -0.3 is 4.74 Å². The fourth-order valence-corrected chi connectivity index (χ4v) is 0.624. The monoisotopic (exact) mass is 223 g/mol. The molecule has 0 radical (unpaired) electrons. The normalized spacial score (nSPS) is 13.2. The maximum atomic E-state index is 11.6. The standard InChI is InChI=1S/C4H8F3NO4S/c1-11-2-3-12-8-13(9,10)4(5,6)7/h8H,2-3H2,1H3. The van der Waals surface area contributed by atoms with Gasteiger partial charge in [-0.15, -0.1) is 0 Å². The van der Waals surface area contributed by atoms with Crippen molar-refractivity contribution in [1.82, 2.24) is 4.89 Å². The molecule has 0 aromatic heterocycles. The SMILES string of the molecule is COCCONS(=O)(=O)C(F)(F)F. The summed E-state index contributed by atoms with van der Waals surface area (Å²) >= 11 is 0. The quantitative estimate of drug-likeness (QED) is 0.526. The molecule has 0 saturated carbocycles. The average Bonchev–Trinajstić information content (AvgIpc) is 1.96. The molecule has 9 heteroatoms. The maximum Gasteiger partial charge on any atom is 0.513 e. The summed E-state index contributed by atoms with van der Waals surface area (Å²) in [5.41, 5.74) is -5.36. The molecular formula is C4H8F3NO4S.